The number of ether oxygens (including phenoxy) is 2. The van der Waals surface area contributed by atoms with Gasteiger partial charge in [-0.05, 0) is 26.7 Å². The monoisotopic (exact) mass is 182 g/mol. The SMILES string of the molecule is C/C=C\OC1(O/C=C\C)CCCC1. The maximum Gasteiger partial charge on any atom is 0.249 e. The molecule has 1 saturated carbocycles. The van der Waals surface area contributed by atoms with Crippen LogP contribution in [0, 0.1) is 0 Å². The van der Waals surface area contributed by atoms with Crippen molar-refractivity contribution in [3.05, 3.63) is 24.7 Å². The lowest BCUT2D eigenvalue weighted by Gasteiger charge is -2.27. The molecule has 0 amide bonds. The highest BCUT2D eigenvalue weighted by Gasteiger charge is 2.36. The second-order valence-electron chi connectivity index (χ2n) is 3.29. The molecule has 74 valence electrons. The molecule has 0 bridgehead atoms. The average molecular weight is 182 g/mol. The highest BCUT2D eigenvalue weighted by Crippen LogP contribution is 2.34. The van der Waals surface area contributed by atoms with Crippen LogP contribution >= 0.6 is 0 Å². The molecule has 0 unspecified atom stereocenters. The lowest BCUT2D eigenvalue weighted by molar-refractivity contribution is -0.166. The smallest absolute Gasteiger partial charge is 0.249 e. The summed E-state index contributed by atoms with van der Waals surface area (Å²) in [5.41, 5.74) is 0. The minimum atomic E-state index is -0.376. The van der Waals surface area contributed by atoms with Crippen LogP contribution in [-0.4, -0.2) is 5.79 Å². The van der Waals surface area contributed by atoms with Crippen molar-refractivity contribution in [2.75, 3.05) is 0 Å². The number of allylic oxidation sites excluding steroid dienone is 2. The van der Waals surface area contributed by atoms with Gasteiger partial charge in [0.1, 0.15) is 0 Å². The topological polar surface area (TPSA) is 18.5 Å². The summed E-state index contributed by atoms with van der Waals surface area (Å²) < 4.78 is 11.2. The third kappa shape index (κ3) is 2.79. The Balaban J connectivity index is 2.52. The molecule has 0 aromatic carbocycles. The van der Waals surface area contributed by atoms with Gasteiger partial charge in [-0.2, -0.15) is 0 Å². The molecule has 1 aliphatic rings. The standard InChI is InChI=1S/C11H18O2/c1-3-9-12-11(13-10-4-2)7-5-6-8-11/h3-4,9-10H,5-8H2,1-2H3/b9-3-,10-4-. The van der Waals surface area contributed by atoms with Crippen molar-refractivity contribution in [1.82, 2.24) is 0 Å². The van der Waals surface area contributed by atoms with Gasteiger partial charge in [0.2, 0.25) is 5.79 Å². The molecular formula is C11H18O2. The van der Waals surface area contributed by atoms with E-state index < -0.39 is 0 Å². The Morgan fingerprint density at radius 3 is 1.77 bits per heavy atom. The summed E-state index contributed by atoms with van der Waals surface area (Å²) >= 11 is 0. The predicted molar refractivity (Wildman–Crippen MR) is 53.0 cm³/mol. The summed E-state index contributed by atoms with van der Waals surface area (Å²) in [6.07, 6.45) is 11.6. The lowest BCUT2D eigenvalue weighted by Crippen LogP contribution is -2.28. The third-order valence-electron chi connectivity index (χ3n) is 2.20. The summed E-state index contributed by atoms with van der Waals surface area (Å²) in [6, 6.07) is 0. The predicted octanol–water partition coefficient (Wildman–Crippen LogP) is 3.36. The van der Waals surface area contributed by atoms with Crippen molar-refractivity contribution >= 4 is 0 Å². The Kier molecular flexibility index (Phi) is 3.87. The average Bonchev–Trinajstić information content (AvgIpc) is 2.61. The van der Waals surface area contributed by atoms with Crippen molar-refractivity contribution in [2.45, 2.75) is 45.3 Å². The second kappa shape index (κ2) is 4.95. The van der Waals surface area contributed by atoms with Gasteiger partial charge in [-0.15, -0.1) is 0 Å². The number of hydrogen-bond acceptors (Lipinski definition) is 2. The first-order valence-corrected chi connectivity index (χ1v) is 4.91. The van der Waals surface area contributed by atoms with Crippen LogP contribution in [0.1, 0.15) is 39.5 Å². The Morgan fingerprint density at radius 2 is 1.38 bits per heavy atom. The van der Waals surface area contributed by atoms with E-state index in [0.29, 0.717) is 0 Å². The zero-order valence-electron chi connectivity index (χ0n) is 8.45. The normalized spacial score (nSPS) is 21.4. The Morgan fingerprint density at radius 1 is 0.923 bits per heavy atom. The van der Waals surface area contributed by atoms with Crippen molar-refractivity contribution in [3.63, 3.8) is 0 Å². The fraction of sp³-hybridized carbons (Fsp3) is 0.636. The lowest BCUT2D eigenvalue weighted by atomic mass is 10.2. The van der Waals surface area contributed by atoms with E-state index in [1.165, 1.54) is 12.8 Å². The largest absolute Gasteiger partial charge is 0.460 e. The maximum absolute atomic E-state index is 5.59. The maximum atomic E-state index is 5.59. The van der Waals surface area contributed by atoms with E-state index in [2.05, 4.69) is 0 Å². The minimum absolute atomic E-state index is 0.376. The van der Waals surface area contributed by atoms with Crippen LogP contribution in [0.5, 0.6) is 0 Å². The van der Waals surface area contributed by atoms with Gasteiger partial charge in [-0.3, -0.25) is 0 Å². The Labute approximate surface area is 80.2 Å². The van der Waals surface area contributed by atoms with Gasteiger partial charge in [0.25, 0.3) is 0 Å². The van der Waals surface area contributed by atoms with Gasteiger partial charge in [-0.25, -0.2) is 0 Å². The van der Waals surface area contributed by atoms with E-state index in [0.717, 1.165) is 12.8 Å². The third-order valence-corrected chi connectivity index (χ3v) is 2.20. The van der Waals surface area contributed by atoms with E-state index >= 15 is 0 Å². The van der Waals surface area contributed by atoms with Crippen LogP contribution in [0.25, 0.3) is 0 Å². The molecule has 0 saturated heterocycles. The molecule has 2 heteroatoms. The summed E-state index contributed by atoms with van der Waals surface area (Å²) in [5, 5.41) is 0. The molecule has 2 nitrogen and oxygen atoms in total. The molecule has 0 spiro atoms. The van der Waals surface area contributed by atoms with Gasteiger partial charge in [-0.1, -0.05) is 12.2 Å². The van der Waals surface area contributed by atoms with Gasteiger partial charge >= 0.3 is 0 Å². The summed E-state index contributed by atoms with van der Waals surface area (Å²) in [7, 11) is 0. The second-order valence-corrected chi connectivity index (χ2v) is 3.29. The van der Waals surface area contributed by atoms with E-state index in [4.69, 9.17) is 9.47 Å². The Bertz CT molecular complexity index is 172. The molecular weight excluding hydrogens is 164 g/mol. The number of hydrogen-bond donors (Lipinski definition) is 0. The molecule has 0 radical (unpaired) electrons. The minimum Gasteiger partial charge on any atom is -0.460 e. The molecule has 0 atom stereocenters. The number of rotatable bonds is 4. The molecule has 1 fully saturated rings. The van der Waals surface area contributed by atoms with Crippen molar-refractivity contribution in [1.29, 1.82) is 0 Å². The van der Waals surface area contributed by atoms with Gasteiger partial charge in [0.05, 0.1) is 12.5 Å². The van der Waals surface area contributed by atoms with Crippen molar-refractivity contribution < 1.29 is 9.47 Å². The molecule has 0 aliphatic heterocycles. The quantitative estimate of drug-likeness (QED) is 0.490. The van der Waals surface area contributed by atoms with E-state index in [9.17, 15) is 0 Å². The summed E-state index contributed by atoms with van der Waals surface area (Å²) in [5.74, 6) is -0.376. The van der Waals surface area contributed by atoms with E-state index in [-0.39, 0.29) is 5.79 Å². The van der Waals surface area contributed by atoms with Crippen LogP contribution in [0.2, 0.25) is 0 Å². The first-order chi connectivity index (χ1) is 6.33. The first-order valence-electron chi connectivity index (χ1n) is 4.91. The van der Waals surface area contributed by atoms with Gasteiger partial charge in [0.15, 0.2) is 0 Å². The molecule has 1 aliphatic carbocycles. The van der Waals surface area contributed by atoms with Crippen molar-refractivity contribution in [3.8, 4) is 0 Å². The highest BCUT2D eigenvalue weighted by atomic mass is 16.7. The first kappa shape index (κ1) is 10.2. The van der Waals surface area contributed by atoms with Gasteiger partial charge in [0, 0.05) is 12.8 Å². The van der Waals surface area contributed by atoms with Gasteiger partial charge < -0.3 is 9.47 Å². The highest BCUT2D eigenvalue weighted by molar-refractivity contribution is 4.84. The van der Waals surface area contributed by atoms with Crippen molar-refractivity contribution in [2.24, 2.45) is 0 Å². The Hall–Kier alpha value is -0.920. The summed E-state index contributed by atoms with van der Waals surface area (Å²) in [6.45, 7) is 3.89. The fourth-order valence-corrected chi connectivity index (χ4v) is 1.56. The molecule has 0 aromatic rings. The van der Waals surface area contributed by atoms with Crippen LogP contribution in [0.4, 0.5) is 0 Å². The zero-order valence-corrected chi connectivity index (χ0v) is 8.45. The molecule has 0 N–H and O–H groups in total. The summed E-state index contributed by atoms with van der Waals surface area (Å²) in [4.78, 5) is 0. The van der Waals surface area contributed by atoms with Crippen LogP contribution in [0.15, 0.2) is 24.7 Å². The molecule has 0 aromatic heterocycles. The van der Waals surface area contributed by atoms with E-state index in [1.807, 2.05) is 26.0 Å². The fourth-order valence-electron chi connectivity index (χ4n) is 1.56. The van der Waals surface area contributed by atoms with Crippen LogP contribution in [-0.2, 0) is 9.47 Å². The molecule has 0 heterocycles. The molecule has 13 heavy (non-hydrogen) atoms. The zero-order chi connectivity index (χ0) is 9.57. The van der Waals surface area contributed by atoms with Crippen LogP contribution < -0.4 is 0 Å². The van der Waals surface area contributed by atoms with Crippen LogP contribution in [0.3, 0.4) is 0 Å². The molecule has 1 rings (SSSR count). The van der Waals surface area contributed by atoms with E-state index in [1.54, 1.807) is 12.5 Å².